The standard InChI is InChI=1S/C19H16N2/c20-15-19(16-21,18-12-5-2-6-13-18)14-8-7-11-17-9-3-1-4-10-17/h1-10,12-13H,11,14H2/b8-7+. The van der Waals surface area contributed by atoms with Crippen molar-refractivity contribution in [3.63, 3.8) is 0 Å². The zero-order chi connectivity index (χ0) is 15.0. The van der Waals surface area contributed by atoms with Crippen molar-refractivity contribution in [2.45, 2.75) is 18.3 Å². The lowest BCUT2D eigenvalue weighted by Crippen LogP contribution is -2.20. The summed E-state index contributed by atoms with van der Waals surface area (Å²) in [5, 5.41) is 18.9. The maximum Gasteiger partial charge on any atom is 0.172 e. The predicted molar refractivity (Wildman–Crippen MR) is 83.2 cm³/mol. The molecule has 0 fully saturated rings. The quantitative estimate of drug-likeness (QED) is 0.767. The van der Waals surface area contributed by atoms with Crippen molar-refractivity contribution in [3.05, 3.63) is 83.9 Å². The van der Waals surface area contributed by atoms with Gasteiger partial charge in [-0.2, -0.15) is 10.5 Å². The highest BCUT2D eigenvalue weighted by Crippen LogP contribution is 2.27. The first-order chi connectivity index (χ1) is 10.3. The fourth-order valence-corrected chi connectivity index (χ4v) is 2.18. The molecule has 0 amide bonds. The van der Waals surface area contributed by atoms with Gasteiger partial charge in [-0.25, -0.2) is 0 Å². The normalized spacial score (nSPS) is 11.0. The Kier molecular flexibility index (Phi) is 4.91. The van der Waals surface area contributed by atoms with Crippen LogP contribution in [0, 0.1) is 22.7 Å². The van der Waals surface area contributed by atoms with Crippen LogP contribution in [0.2, 0.25) is 0 Å². The number of hydrogen-bond donors (Lipinski definition) is 0. The Hall–Kier alpha value is -2.84. The second-order valence-electron chi connectivity index (χ2n) is 4.86. The minimum Gasteiger partial charge on any atom is -0.196 e. The van der Waals surface area contributed by atoms with Gasteiger partial charge in [0.1, 0.15) is 0 Å². The van der Waals surface area contributed by atoms with Gasteiger partial charge < -0.3 is 0 Å². The Bertz CT molecular complexity index is 659. The van der Waals surface area contributed by atoms with Gasteiger partial charge >= 0.3 is 0 Å². The van der Waals surface area contributed by atoms with Crippen LogP contribution in [-0.2, 0) is 11.8 Å². The van der Waals surface area contributed by atoms with Crippen LogP contribution < -0.4 is 0 Å². The van der Waals surface area contributed by atoms with Crippen molar-refractivity contribution in [1.29, 1.82) is 10.5 Å². The van der Waals surface area contributed by atoms with Gasteiger partial charge in [-0.05, 0) is 17.5 Å². The number of hydrogen-bond acceptors (Lipinski definition) is 2. The van der Waals surface area contributed by atoms with Crippen LogP contribution in [0.3, 0.4) is 0 Å². The first kappa shape index (κ1) is 14.6. The van der Waals surface area contributed by atoms with Crippen LogP contribution >= 0.6 is 0 Å². The van der Waals surface area contributed by atoms with Gasteiger partial charge in [0.15, 0.2) is 5.41 Å². The molecule has 0 aliphatic rings. The monoisotopic (exact) mass is 272 g/mol. The Balaban J connectivity index is 2.08. The smallest absolute Gasteiger partial charge is 0.172 e. The minimum atomic E-state index is -1.10. The summed E-state index contributed by atoms with van der Waals surface area (Å²) in [4.78, 5) is 0. The zero-order valence-corrected chi connectivity index (χ0v) is 11.7. The number of nitrogens with zero attached hydrogens (tertiary/aromatic N) is 2. The molecule has 0 radical (unpaired) electrons. The third kappa shape index (κ3) is 3.59. The van der Waals surface area contributed by atoms with Crippen molar-refractivity contribution >= 4 is 0 Å². The summed E-state index contributed by atoms with van der Waals surface area (Å²) in [7, 11) is 0. The van der Waals surface area contributed by atoms with Crippen molar-refractivity contribution < 1.29 is 0 Å². The molecule has 0 saturated carbocycles. The van der Waals surface area contributed by atoms with E-state index in [0.717, 1.165) is 12.0 Å². The molecular weight excluding hydrogens is 256 g/mol. The Morgan fingerprint density at radius 3 is 1.95 bits per heavy atom. The van der Waals surface area contributed by atoms with Crippen molar-refractivity contribution in [2.24, 2.45) is 0 Å². The largest absolute Gasteiger partial charge is 0.196 e. The molecule has 2 aromatic rings. The lowest BCUT2D eigenvalue weighted by atomic mass is 9.80. The van der Waals surface area contributed by atoms with Gasteiger partial charge in [-0.3, -0.25) is 0 Å². The number of allylic oxidation sites excluding steroid dienone is 2. The van der Waals surface area contributed by atoms with Crippen LogP contribution in [0.15, 0.2) is 72.8 Å². The van der Waals surface area contributed by atoms with E-state index in [4.69, 9.17) is 0 Å². The maximum atomic E-state index is 9.44. The highest BCUT2D eigenvalue weighted by atomic mass is 14.4. The fourth-order valence-electron chi connectivity index (χ4n) is 2.18. The topological polar surface area (TPSA) is 47.6 Å². The Morgan fingerprint density at radius 2 is 1.38 bits per heavy atom. The summed E-state index contributed by atoms with van der Waals surface area (Å²) in [6.07, 6.45) is 5.15. The fraction of sp³-hybridized carbons (Fsp3) is 0.158. The Labute approximate surface area is 125 Å². The van der Waals surface area contributed by atoms with E-state index in [0.29, 0.717) is 6.42 Å². The van der Waals surface area contributed by atoms with Crippen LogP contribution in [0.1, 0.15) is 17.5 Å². The van der Waals surface area contributed by atoms with E-state index in [1.807, 2.05) is 60.7 Å². The summed E-state index contributed by atoms with van der Waals surface area (Å²) < 4.78 is 0. The average molecular weight is 272 g/mol. The van der Waals surface area contributed by atoms with Gasteiger partial charge in [-0.1, -0.05) is 72.8 Å². The highest BCUT2D eigenvalue weighted by molar-refractivity contribution is 5.40. The van der Waals surface area contributed by atoms with Crippen LogP contribution in [0.4, 0.5) is 0 Å². The first-order valence-electron chi connectivity index (χ1n) is 6.88. The molecule has 2 heteroatoms. The molecule has 0 saturated heterocycles. The molecule has 0 aromatic heterocycles. The third-order valence-electron chi connectivity index (χ3n) is 3.44. The zero-order valence-electron chi connectivity index (χ0n) is 11.7. The first-order valence-corrected chi connectivity index (χ1v) is 6.88. The van der Waals surface area contributed by atoms with Crippen molar-refractivity contribution in [3.8, 4) is 12.1 Å². The molecule has 0 N–H and O–H groups in total. The molecule has 0 unspecified atom stereocenters. The van der Waals surface area contributed by atoms with E-state index >= 15 is 0 Å². The summed E-state index contributed by atoms with van der Waals surface area (Å²) >= 11 is 0. The molecule has 2 nitrogen and oxygen atoms in total. The predicted octanol–water partition coefficient (Wildman–Crippen LogP) is 4.16. The molecule has 0 aliphatic heterocycles. The molecule has 2 rings (SSSR count). The van der Waals surface area contributed by atoms with Gasteiger partial charge in [0.05, 0.1) is 12.1 Å². The highest BCUT2D eigenvalue weighted by Gasteiger charge is 2.30. The Morgan fingerprint density at radius 1 is 0.810 bits per heavy atom. The SMILES string of the molecule is N#CC(C#N)(C/C=C/Cc1ccccc1)c1ccccc1. The molecule has 0 aliphatic carbocycles. The molecule has 2 aromatic carbocycles. The summed E-state index contributed by atoms with van der Waals surface area (Å²) in [5.41, 5.74) is 0.862. The van der Waals surface area contributed by atoms with E-state index in [1.165, 1.54) is 5.56 Å². The maximum absolute atomic E-state index is 9.44. The summed E-state index contributed by atoms with van der Waals surface area (Å²) in [6, 6.07) is 23.7. The van der Waals surface area contributed by atoms with E-state index in [-0.39, 0.29) is 0 Å². The molecular formula is C19H16N2. The van der Waals surface area contributed by atoms with Gasteiger partial charge in [0, 0.05) is 6.42 Å². The van der Waals surface area contributed by atoms with E-state index in [9.17, 15) is 10.5 Å². The van der Waals surface area contributed by atoms with Crippen molar-refractivity contribution in [1.82, 2.24) is 0 Å². The second-order valence-corrected chi connectivity index (χ2v) is 4.86. The minimum absolute atomic E-state index is 0.400. The number of nitriles is 2. The number of rotatable bonds is 5. The lowest BCUT2D eigenvalue weighted by molar-refractivity contribution is 0.712. The molecule has 102 valence electrons. The van der Waals surface area contributed by atoms with Gasteiger partial charge in [0.2, 0.25) is 0 Å². The van der Waals surface area contributed by atoms with Crippen LogP contribution in [0.5, 0.6) is 0 Å². The average Bonchev–Trinajstić information content (AvgIpc) is 2.57. The summed E-state index contributed by atoms with van der Waals surface area (Å²) in [5.74, 6) is 0. The molecule has 0 atom stereocenters. The van der Waals surface area contributed by atoms with E-state index in [1.54, 1.807) is 0 Å². The summed E-state index contributed by atoms with van der Waals surface area (Å²) in [6.45, 7) is 0. The number of benzene rings is 2. The lowest BCUT2D eigenvalue weighted by Gasteiger charge is -2.16. The van der Waals surface area contributed by atoms with Crippen LogP contribution in [-0.4, -0.2) is 0 Å². The molecule has 0 bridgehead atoms. The molecule has 0 spiro atoms. The van der Waals surface area contributed by atoms with Gasteiger partial charge in [-0.15, -0.1) is 0 Å². The third-order valence-corrected chi connectivity index (χ3v) is 3.44. The van der Waals surface area contributed by atoms with E-state index in [2.05, 4.69) is 24.3 Å². The molecule has 21 heavy (non-hydrogen) atoms. The van der Waals surface area contributed by atoms with Crippen molar-refractivity contribution in [2.75, 3.05) is 0 Å². The molecule has 0 heterocycles. The van der Waals surface area contributed by atoms with E-state index < -0.39 is 5.41 Å². The van der Waals surface area contributed by atoms with Gasteiger partial charge in [0.25, 0.3) is 0 Å². The van der Waals surface area contributed by atoms with Crippen LogP contribution in [0.25, 0.3) is 0 Å². The second kappa shape index (κ2) is 7.08.